The van der Waals surface area contributed by atoms with Crippen LogP contribution in [0, 0.1) is 0 Å². The number of rotatable bonds is 5. The normalized spacial score (nSPS) is 20.8. The van der Waals surface area contributed by atoms with Crippen LogP contribution in [0.15, 0.2) is 11.4 Å². The van der Waals surface area contributed by atoms with E-state index in [1.54, 1.807) is 10.4 Å². The van der Waals surface area contributed by atoms with E-state index >= 15 is 0 Å². The molecule has 1 N–H and O–H groups in total. The second-order valence-electron chi connectivity index (χ2n) is 5.22. The Morgan fingerprint density at radius 3 is 3.12 bits per heavy atom. The predicted octanol–water partition coefficient (Wildman–Crippen LogP) is 3.06. The third-order valence-electron chi connectivity index (χ3n) is 3.58. The molecule has 0 fully saturated rings. The molecule has 0 aromatic carbocycles. The molecule has 0 radical (unpaired) electrons. The van der Waals surface area contributed by atoms with Gasteiger partial charge in [0.15, 0.2) is 0 Å². The summed E-state index contributed by atoms with van der Waals surface area (Å²) in [5.41, 5.74) is 1.57. The molecule has 17 heavy (non-hydrogen) atoms. The largest absolute Gasteiger partial charge is 0.314 e. The number of nitrogens with one attached hydrogen (secondary N) is 1. The van der Waals surface area contributed by atoms with Crippen molar-refractivity contribution in [3.63, 3.8) is 0 Å². The van der Waals surface area contributed by atoms with Gasteiger partial charge in [0, 0.05) is 23.5 Å². The summed E-state index contributed by atoms with van der Waals surface area (Å²) in [6.07, 6.45) is 2.50. The van der Waals surface area contributed by atoms with Gasteiger partial charge in [0.2, 0.25) is 0 Å². The number of thiophene rings is 1. The summed E-state index contributed by atoms with van der Waals surface area (Å²) in [5, 5.41) is 5.73. The molecule has 0 saturated heterocycles. The van der Waals surface area contributed by atoms with Gasteiger partial charge < -0.3 is 5.32 Å². The van der Waals surface area contributed by atoms with Gasteiger partial charge in [0.05, 0.1) is 0 Å². The number of hydrogen-bond donors (Lipinski definition) is 1. The van der Waals surface area contributed by atoms with Crippen LogP contribution < -0.4 is 5.32 Å². The van der Waals surface area contributed by atoms with Gasteiger partial charge >= 0.3 is 0 Å². The van der Waals surface area contributed by atoms with Gasteiger partial charge in [-0.3, -0.25) is 4.90 Å². The summed E-state index contributed by atoms with van der Waals surface area (Å²) in [6.45, 7) is 10.4. The number of hydrogen-bond acceptors (Lipinski definition) is 3. The van der Waals surface area contributed by atoms with E-state index in [1.807, 2.05) is 11.3 Å². The molecular formula is C14H24N2S. The molecule has 1 aliphatic rings. The first-order chi connectivity index (χ1) is 8.18. The SMILES string of the molecule is CC(C)NCCCN1CCc2sccc2C1C. The van der Waals surface area contributed by atoms with Gasteiger partial charge in [0.1, 0.15) is 0 Å². The minimum absolute atomic E-state index is 0.609. The Labute approximate surface area is 109 Å². The van der Waals surface area contributed by atoms with E-state index < -0.39 is 0 Å². The lowest BCUT2D eigenvalue weighted by molar-refractivity contribution is 0.197. The smallest absolute Gasteiger partial charge is 0.0331 e. The molecule has 1 aliphatic heterocycles. The second kappa shape index (κ2) is 5.98. The molecule has 0 aliphatic carbocycles. The monoisotopic (exact) mass is 252 g/mol. The van der Waals surface area contributed by atoms with Crippen molar-refractivity contribution in [2.45, 2.75) is 45.7 Å². The molecule has 0 bridgehead atoms. The summed E-state index contributed by atoms with van der Waals surface area (Å²) in [7, 11) is 0. The van der Waals surface area contributed by atoms with Crippen LogP contribution in [0.4, 0.5) is 0 Å². The third kappa shape index (κ3) is 3.30. The van der Waals surface area contributed by atoms with E-state index in [4.69, 9.17) is 0 Å². The first-order valence-electron chi connectivity index (χ1n) is 6.72. The van der Waals surface area contributed by atoms with Gasteiger partial charge in [-0.2, -0.15) is 0 Å². The lowest BCUT2D eigenvalue weighted by Gasteiger charge is -2.33. The van der Waals surface area contributed by atoms with Crippen molar-refractivity contribution < 1.29 is 0 Å². The topological polar surface area (TPSA) is 15.3 Å². The summed E-state index contributed by atoms with van der Waals surface area (Å²) in [4.78, 5) is 4.23. The molecule has 0 saturated carbocycles. The molecule has 0 amide bonds. The minimum atomic E-state index is 0.609. The van der Waals surface area contributed by atoms with Crippen LogP contribution in [-0.2, 0) is 6.42 Å². The van der Waals surface area contributed by atoms with Gasteiger partial charge in [-0.1, -0.05) is 13.8 Å². The Bertz CT molecular complexity index is 346. The molecule has 2 nitrogen and oxygen atoms in total. The Balaban J connectivity index is 1.80. The summed E-state index contributed by atoms with van der Waals surface area (Å²) < 4.78 is 0. The fraction of sp³-hybridized carbons (Fsp3) is 0.714. The molecule has 3 heteroatoms. The zero-order chi connectivity index (χ0) is 12.3. The highest BCUT2D eigenvalue weighted by Crippen LogP contribution is 2.32. The maximum Gasteiger partial charge on any atom is 0.0331 e. The molecule has 1 atom stereocenters. The Morgan fingerprint density at radius 2 is 2.35 bits per heavy atom. The first-order valence-corrected chi connectivity index (χ1v) is 7.60. The van der Waals surface area contributed by atoms with Crippen LogP contribution >= 0.6 is 11.3 Å². The van der Waals surface area contributed by atoms with Gasteiger partial charge in [0.25, 0.3) is 0 Å². The summed E-state index contributed by atoms with van der Waals surface area (Å²) >= 11 is 1.92. The minimum Gasteiger partial charge on any atom is -0.314 e. The van der Waals surface area contributed by atoms with E-state index in [2.05, 4.69) is 42.4 Å². The molecule has 1 aromatic heterocycles. The van der Waals surface area contributed by atoms with E-state index in [0.29, 0.717) is 12.1 Å². The van der Waals surface area contributed by atoms with Crippen molar-refractivity contribution in [2.24, 2.45) is 0 Å². The lowest BCUT2D eigenvalue weighted by Crippen LogP contribution is -2.35. The average Bonchev–Trinajstić information content (AvgIpc) is 2.75. The van der Waals surface area contributed by atoms with Crippen LogP contribution in [0.25, 0.3) is 0 Å². The van der Waals surface area contributed by atoms with E-state index in [0.717, 1.165) is 6.54 Å². The van der Waals surface area contributed by atoms with Crippen molar-refractivity contribution >= 4 is 11.3 Å². The highest BCUT2D eigenvalue weighted by Gasteiger charge is 2.23. The lowest BCUT2D eigenvalue weighted by atomic mass is 10.0. The highest BCUT2D eigenvalue weighted by molar-refractivity contribution is 7.10. The molecule has 2 heterocycles. The first kappa shape index (κ1) is 13.1. The molecular weight excluding hydrogens is 228 g/mol. The fourth-order valence-electron chi connectivity index (χ4n) is 2.54. The Kier molecular flexibility index (Phi) is 4.60. The molecule has 1 aromatic rings. The molecule has 0 spiro atoms. The highest BCUT2D eigenvalue weighted by atomic mass is 32.1. The van der Waals surface area contributed by atoms with Crippen LogP contribution in [0.3, 0.4) is 0 Å². The van der Waals surface area contributed by atoms with Crippen LogP contribution in [0.1, 0.15) is 43.7 Å². The standard InChI is InChI=1S/C14H24N2S/c1-11(2)15-7-4-8-16-9-5-14-13(12(16)3)6-10-17-14/h6,10-12,15H,4-5,7-9H2,1-3H3. The van der Waals surface area contributed by atoms with Gasteiger partial charge in [-0.15, -0.1) is 11.3 Å². The van der Waals surface area contributed by atoms with Crippen molar-refractivity contribution in [1.29, 1.82) is 0 Å². The van der Waals surface area contributed by atoms with Crippen molar-refractivity contribution in [3.05, 3.63) is 21.9 Å². The quantitative estimate of drug-likeness (QED) is 0.810. The van der Waals surface area contributed by atoms with Gasteiger partial charge in [-0.05, 0) is 49.9 Å². The Morgan fingerprint density at radius 1 is 1.53 bits per heavy atom. The molecule has 2 rings (SSSR count). The van der Waals surface area contributed by atoms with E-state index in [1.165, 1.54) is 25.9 Å². The van der Waals surface area contributed by atoms with Crippen molar-refractivity contribution in [1.82, 2.24) is 10.2 Å². The fourth-order valence-corrected chi connectivity index (χ4v) is 3.50. The van der Waals surface area contributed by atoms with Crippen LogP contribution in [0.2, 0.25) is 0 Å². The number of nitrogens with zero attached hydrogens (tertiary/aromatic N) is 1. The van der Waals surface area contributed by atoms with Crippen molar-refractivity contribution in [2.75, 3.05) is 19.6 Å². The molecule has 96 valence electrons. The zero-order valence-electron chi connectivity index (χ0n) is 11.2. The van der Waals surface area contributed by atoms with Gasteiger partial charge in [-0.25, -0.2) is 0 Å². The Hall–Kier alpha value is -0.380. The summed E-state index contributed by atoms with van der Waals surface area (Å²) in [6, 6.07) is 3.53. The molecule has 1 unspecified atom stereocenters. The third-order valence-corrected chi connectivity index (χ3v) is 4.57. The zero-order valence-corrected chi connectivity index (χ0v) is 12.0. The van der Waals surface area contributed by atoms with Crippen LogP contribution in [-0.4, -0.2) is 30.6 Å². The van der Waals surface area contributed by atoms with Crippen molar-refractivity contribution in [3.8, 4) is 0 Å². The van der Waals surface area contributed by atoms with Crippen LogP contribution in [0.5, 0.6) is 0 Å². The maximum atomic E-state index is 3.49. The maximum absolute atomic E-state index is 3.49. The average molecular weight is 252 g/mol. The summed E-state index contributed by atoms with van der Waals surface area (Å²) in [5.74, 6) is 0. The number of fused-ring (bicyclic) bond motifs is 1. The predicted molar refractivity (Wildman–Crippen MR) is 75.8 cm³/mol. The van der Waals surface area contributed by atoms with E-state index in [-0.39, 0.29) is 0 Å². The van der Waals surface area contributed by atoms with E-state index in [9.17, 15) is 0 Å². The second-order valence-corrected chi connectivity index (χ2v) is 6.22.